The molecule has 0 atom stereocenters. The van der Waals surface area contributed by atoms with Gasteiger partial charge in [-0.2, -0.15) is 0 Å². The van der Waals surface area contributed by atoms with Gasteiger partial charge in [-0.05, 0) is 18.1 Å². The third-order valence-corrected chi connectivity index (χ3v) is 3.49. The third-order valence-electron chi connectivity index (χ3n) is 2.22. The van der Waals surface area contributed by atoms with Gasteiger partial charge in [0.2, 0.25) is 5.91 Å². The molecule has 0 spiro atoms. The predicted molar refractivity (Wildman–Crippen MR) is 74.1 cm³/mol. The molecule has 0 aromatic carbocycles. The number of primary amides is 1. The lowest BCUT2D eigenvalue weighted by Crippen LogP contribution is -2.39. The number of halogens is 1. The van der Waals surface area contributed by atoms with Gasteiger partial charge in [0.05, 0.1) is 22.3 Å². The third kappa shape index (κ3) is 5.16. The van der Waals surface area contributed by atoms with Crippen LogP contribution < -0.4 is 5.73 Å². The molecule has 1 amide bonds. The summed E-state index contributed by atoms with van der Waals surface area (Å²) in [6.45, 7) is 5.01. The molecule has 1 aromatic rings. The molecular formula is C12H17ClN2O2S. The Morgan fingerprint density at radius 2 is 2.06 bits per heavy atom. The van der Waals surface area contributed by atoms with Crippen molar-refractivity contribution in [3.63, 3.8) is 0 Å². The van der Waals surface area contributed by atoms with E-state index in [1.807, 2.05) is 13.8 Å². The number of nitrogens with zero attached hydrogens (tertiary/aromatic N) is 1. The van der Waals surface area contributed by atoms with Crippen molar-refractivity contribution in [2.45, 2.75) is 13.8 Å². The number of hydrogen-bond acceptors (Lipinski definition) is 4. The maximum atomic E-state index is 12.0. The Morgan fingerprint density at radius 3 is 2.50 bits per heavy atom. The van der Waals surface area contributed by atoms with Gasteiger partial charge in [0, 0.05) is 6.54 Å². The topological polar surface area (TPSA) is 63.4 Å². The van der Waals surface area contributed by atoms with Crippen molar-refractivity contribution in [1.82, 2.24) is 4.90 Å². The van der Waals surface area contributed by atoms with E-state index in [1.165, 1.54) is 11.3 Å². The number of amides is 1. The summed E-state index contributed by atoms with van der Waals surface area (Å²) in [6, 6.07) is 3.40. The molecule has 0 saturated carbocycles. The first-order chi connectivity index (χ1) is 8.38. The quantitative estimate of drug-likeness (QED) is 0.781. The van der Waals surface area contributed by atoms with Gasteiger partial charge in [0.15, 0.2) is 5.78 Å². The second kappa shape index (κ2) is 6.87. The van der Waals surface area contributed by atoms with Crippen molar-refractivity contribution in [2.24, 2.45) is 11.7 Å². The van der Waals surface area contributed by atoms with E-state index in [0.717, 1.165) is 0 Å². The average molecular weight is 289 g/mol. The molecule has 0 radical (unpaired) electrons. The second-order valence-electron chi connectivity index (χ2n) is 4.56. The Morgan fingerprint density at radius 1 is 1.39 bits per heavy atom. The fourth-order valence-electron chi connectivity index (χ4n) is 1.67. The van der Waals surface area contributed by atoms with Gasteiger partial charge >= 0.3 is 0 Å². The number of thiophene rings is 1. The van der Waals surface area contributed by atoms with E-state index in [1.54, 1.807) is 17.0 Å². The largest absolute Gasteiger partial charge is 0.369 e. The van der Waals surface area contributed by atoms with Crippen molar-refractivity contribution in [1.29, 1.82) is 0 Å². The molecule has 0 aliphatic carbocycles. The molecule has 0 fully saturated rings. The lowest BCUT2D eigenvalue weighted by Gasteiger charge is -2.21. The van der Waals surface area contributed by atoms with E-state index in [9.17, 15) is 9.59 Å². The van der Waals surface area contributed by atoms with Gasteiger partial charge in [0.1, 0.15) is 0 Å². The summed E-state index contributed by atoms with van der Waals surface area (Å²) >= 11 is 7.04. The fourth-order valence-corrected chi connectivity index (χ4v) is 2.64. The molecule has 0 aliphatic rings. The van der Waals surface area contributed by atoms with Gasteiger partial charge in [-0.15, -0.1) is 11.3 Å². The van der Waals surface area contributed by atoms with Crippen LogP contribution >= 0.6 is 22.9 Å². The highest BCUT2D eigenvalue weighted by molar-refractivity contribution is 7.18. The standard InChI is InChI=1S/C12H17ClN2O2S/c1-8(2)5-15(7-12(14)17)6-9(16)10-3-4-11(13)18-10/h3-4,8H,5-7H2,1-2H3,(H2,14,17). The van der Waals surface area contributed by atoms with Gasteiger partial charge in [-0.25, -0.2) is 0 Å². The van der Waals surface area contributed by atoms with Crippen molar-refractivity contribution in [3.8, 4) is 0 Å². The number of hydrogen-bond donors (Lipinski definition) is 1. The van der Waals surface area contributed by atoms with Crippen LogP contribution in [0.15, 0.2) is 12.1 Å². The number of Topliss-reactive ketones (excluding diaryl/α,β-unsaturated/α-hetero) is 1. The molecule has 0 aliphatic heterocycles. The lowest BCUT2D eigenvalue weighted by molar-refractivity contribution is -0.119. The van der Waals surface area contributed by atoms with Crippen LogP contribution in [0.25, 0.3) is 0 Å². The number of rotatable bonds is 7. The zero-order valence-electron chi connectivity index (χ0n) is 10.5. The highest BCUT2D eigenvalue weighted by Crippen LogP contribution is 2.22. The number of carbonyl (C=O) groups is 2. The van der Waals surface area contributed by atoms with Crippen LogP contribution in [0.5, 0.6) is 0 Å². The molecule has 18 heavy (non-hydrogen) atoms. The summed E-state index contributed by atoms with van der Waals surface area (Å²) in [5.41, 5.74) is 5.18. The molecule has 1 heterocycles. The minimum Gasteiger partial charge on any atom is -0.369 e. The highest BCUT2D eigenvalue weighted by atomic mass is 35.5. The van der Waals surface area contributed by atoms with E-state index < -0.39 is 5.91 Å². The SMILES string of the molecule is CC(C)CN(CC(N)=O)CC(=O)c1ccc(Cl)s1. The van der Waals surface area contributed by atoms with Crippen molar-refractivity contribution in [2.75, 3.05) is 19.6 Å². The minimum absolute atomic E-state index is 0.0335. The van der Waals surface area contributed by atoms with E-state index in [4.69, 9.17) is 17.3 Å². The second-order valence-corrected chi connectivity index (χ2v) is 6.27. The van der Waals surface area contributed by atoms with E-state index in [2.05, 4.69) is 0 Å². The Hall–Kier alpha value is -0.910. The summed E-state index contributed by atoms with van der Waals surface area (Å²) in [5.74, 6) is -0.0921. The van der Waals surface area contributed by atoms with Crippen molar-refractivity contribution >= 4 is 34.6 Å². The lowest BCUT2D eigenvalue weighted by atomic mass is 10.2. The van der Waals surface area contributed by atoms with Gasteiger partial charge in [-0.1, -0.05) is 25.4 Å². The summed E-state index contributed by atoms with van der Waals surface area (Å²) in [4.78, 5) is 25.3. The predicted octanol–water partition coefficient (Wildman–Crippen LogP) is 2.03. The Labute approximate surface area is 116 Å². The smallest absolute Gasteiger partial charge is 0.231 e. The first kappa shape index (κ1) is 15.1. The molecule has 0 unspecified atom stereocenters. The zero-order valence-corrected chi connectivity index (χ0v) is 12.1. The first-order valence-electron chi connectivity index (χ1n) is 5.67. The summed E-state index contributed by atoms with van der Waals surface area (Å²) in [6.07, 6.45) is 0. The zero-order chi connectivity index (χ0) is 13.7. The molecule has 100 valence electrons. The Bertz CT molecular complexity index is 431. The van der Waals surface area contributed by atoms with Crippen LogP contribution in [0.3, 0.4) is 0 Å². The summed E-state index contributed by atoms with van der Waals surface area (Å²) in [7, 11) is 0. The average Bonchev–Trinajstić information content (AvgIpc) is 2.62. The van der Waals surface area contributed by atoms with E-state index in [-0.39, 0.29) is 18.9 Å². The number of nitrogens with two attached hydrogens (primary N) is 1. The number of carbonyl (C=O) groups excluding carboxylic acids is 2. The Kier molecular flexibility index (Phi) is 5.78. The molecule has 1 aromatic heterocycles. The van der Waals surface area contributed by atoms with Gasteiger partial charge in [-0.3, -0.25) is 14.5 Å². The molecular weight excluding hydrogens is 272 g/mol. The Balaban J connectivity index is 2.64. The molecule has 1 rings (SSSR count). The minimum atomic E-state index is -0.423. The van der Waals surface area contributed by atoms with Crippen LogP contribution in [0.4, 0.5) is 0 Å². The van der Waals surface area contributed by atoms with Crippen LogP contribution in [0.1, 0.15) is 23.5 Å². The van der Waals surface area contributed by atoms with E-state index in [0.29, 0.717) is 21.7 Å². The molecule has 6 heteroatoms. The first-order valence-corrected chi connectivity index (χ1v) is 6.87. The molecule has 0 saturated heterocycles. The molecule has 2 N–H and O–H groups in total. The van der Waals surface area contributed by atoms with Gasteiger partial charge < -0.3 is 5.73 Å². The summed E-state index contributed by atoms with van der Waals surface area (Å²) in [5, 5.41) is 0. The summed E-state index contributed by atoms with van der Waals surface area (Å²) < 4.78 is 0.587. The molecule has 4 nitrogen and oxygen atoms in total. The van der Waals surface area contributed by atoms with Crippen LogP contribution in [0.2, 0.25) is 4.34 Å². The van der Waals surface area contributed by atoms with Gasteiger partial charge in [0.25, 0.3) is 0 Å². The fraction of sp³-hybridized carbons (Fsp3) is 0.500. The van der Waals surface area contributed by atoms with Crippen molar-refractivity contribution < 1.29 is 9.59 Å². The maximum absolute atomic E-state index is 12.0. The normalized spacial score (nSPS) is 11.2. The maximum Gasteiger partial charge on any atom is 0.231 e. The van der Waals surface area contributed by atoms with Crippen molar-refractivity contribution in [3.05, 3.63) is 21.3 Å². The molecule has 0 bridgehead atoms. The monoisotopic (exact) mass is 288 g/mol. The van der Waals surface area contributed by atoms with Crippen LogP contribution in [-0.2, 0) is 4.79 Å². The highest BCUT2D eigenvalue weighted by Gasteiger charge is 2.16. The van der Waals surface area contributed by atoms with Crippen LogP contribution in [-0.4, -0.2) is 36.2 Å². The number of ketones is 1. The van der Waals surface area contributed by atoms with E-state index >= 15 is 0 Å². The van der Waals surface area contributed by atoms with Crippen LogP contribution in [0, 0.1) is 5.92 Å².